The quantitative estimate of drug-likeness (QED) is 0.641. The zero-order valence-electron chi connectivity index (χ0n) is 11.5. The van der Waals surface area contributed by atoms with Crippen LogP contribution in [0.2, 0.25) is 0 Å². The molecule has 0 aliphatic carbocycles. The Hall–Kier alpha value is -2.36. The van der Waals surface area contributed by atoms with Crippen LogP contribution in [0.25, 0.3) is 0 Å². The molecular weight excluding hydrogens is 252 g/mol. The highest BCUT2D eigenvalue weighted by Gasteiger charge is 2.11. The molecule has 104 valence electrons. The first-order chi connectivity index (χ1) is 9.72. The molecule has 0 aromatic heterocycles. The van der Waals surface area contributed by atoms with Crippen LogP contribution in [0.4, 0.5) is 11.4 Å². The lowest BCUT2D eigenvalue weighted by Crippen LogP contribution is -2.08. The van der Waals surface area contributed by atoms with Gasteiger partial charge in [0.15, 0.2) is 0 Å². The molecule has 4 heteroatoms. The summed E-state index contributed by atoms with van der Waals surface area (Å²) in [6, 6.07) is 15.0. The van der Waals surface area contributed by atoms with Crippen LogP contribution in [0.15, 0.2) is 48.5 Å². The van der Waals surface area contributed by atoms with E-state index in [0.29, 0.717) is 13.0 Å². The molecule has 20 heavy (non-hydrogen) atoms. The van der Waals surface area contributed by atoms with Gasteiger partial charge in [-0.3, -0.25) is 10.1 Å². The predicted molar refractivity (Wildman–Crippen MR) is 81.1 cm³/mol. The molecule has 2 aromatic rings. The number of aryl methyl sites for hydroxylation is 1. The predicted octanol–water partition coefficient (Wildman–Crippen LogP) is 3.81. The molecule has 0 heterocycles. The van der Waals surface area contributed by atoms with Gasteiger partial charge < -0.3 is 5.32 Å². The summed E-state index contributed by atoms with van der Waals surface area (Å²) in [6.07, 6.45) is 1.60. The molecule has 2 aromatic carbocycles. The molecule has 0 saturated carbocycles. The van der Waals surface area contributed by atoms with E-state index in [1.165, 1.54) is 5.56 Å². The number of nitrogens with one attached hydrogen (secondary N) is 1. The molecule has 0 saturated heterocycles. The van der Waals surface area contributed by atoms with Gasteiger partial charge in [-0.25, -0.2) is 0 Å². The van der Waals surface area contributed by atoms with Gasteiger partial charge in [-0.05, 0) is 24.5 Å². The van der Waals surface area contributed by atoms with E-state index in [4.69, 9.17) is 0 Å². The van der Waals surface area contributed by atoms with Crippen molar-refractivity contribution in [3.05, 3.63) is 69.8 Å². The minimum Gasteiger partial charge on any atom is -0.384 e. The molecule has 2 rings (SSSR count). The summed E-state index contributed by atoms with van der Waals surface area (Å²) in [4.78, 5) is 10.6. The Morgan fingerprint density at radius 3 is 2.40 bits per heavy atom. The lowest BCUT2D eigenvalue weighted by Gasteiger charge is -2.10. The normalized spacial score (nSPS) is 10.2. The van der Waals surface area contributed by atoms with Crippen LogP contribution in [0, 0.1) is 10.1 Å². The number of anilines is 1. The fourth-order valence-corrected chi connectivity index (χ4v) is 2.23. The van der Waals surface area contributed by atoms with Crippen LogP contribution >= 0.6 is 0 Å². The van der Waals surface area contributed by atoms with Gasteiger partial charge in [0.05, 0.1) is 4.92 Å². The maximum Gasteiger partial charge on any atom is 0.272 e. The summed E-state index contributed by atoms with van der Waals surface area (Å²) in [6.45, 7) is 2.80. The molecule has 1 N–H and O–H groups in total. The van der Waals surface area contributed by atoms with E-state index in [0.717, 1.165) is 17.7 Å². The molecule has 0 radical (unpaired) electrons. The summed E-state index contributed by atoms with van der Waals surface area (Å²) >= 11 is 0. The molecule has 0 unspecified atom stereocenters. The van der Waals surface area contributed by atoms with Crippen molar-refractivity contribution >= 4 is 11.4 Å². The van der Waals surface area contributed by atoms with Crippen molar-refractivity contribution in [1.82, 2.24) is 0 Å². The highest BCUT2D eigenvalue weighted by Crippen LogP contribution is 2.19. The van der Waals surface area contributed by atoms with Gasteiger partial charge in [-0.15, -0.1) is 0 Å². The van der Waals surface area contributed by atoms with E-state index in [2.05, 4.69) is 18.3 Å². The lowest BCUT2D eigenvalue weighted by molar-refractivity contribution is -0.385. The number of para-hydroxylation sites is 2. The van der Waals surface area contributed by atoms with E-state index in [1.54, 1.807) is 12.1 Å². The van der Waals surface area contributed by atoms with Crippen LogP contribution in [-0.2, 0) is 12.8 Å². The zero-order chi connectivity index (χ0) is 14.4. The Balaban J connectivity index is 2.01. The maximum atomic E-state index is 10.9. The van der Waals surface area contributed by atoms with Crippen LogP contribution in [-0.4, -0.2) is 11.5 Å². The van der Waals surface area contributed by atoms with E-state index >= 15 is 0 Å². The van der Waals surface area contributed by atoms with Crippen LogP contribution in [0.5, 0.6) is 0 Å². The Bertz CT molecular complexity index is 597. The molecule has 0 bridgehead atoms. The van der Waals surface area contributed by atoms with Crippen LogP contribution < -0.4 is 5.32 Å². The third-order valence-corrected chi connectivity index (χ3v) is 3.30. The third-order valence-electron chi connectivity index (χ3n) is 3.30. The van der Waals surface area contributed by atoms with Crippen molar-refractivity contribution in [2.75, 3.05) is 11.9 Å². The number of hydrogen-bond donors (Lipinski definition) is 1. The van der Waals surface area contributed by atoms with Gasteiger partial charge in [0, 0.05) is 23.9 Å². The first-order valence-corrected chi connectivity index (χ1v) is 6.76. The van der Waals surface area contributed by atoms with Crippen molar-refractivity contribution in [2.45, 2.75) is 19.8 Å². The van der Waals surface area contributed by atoms with Crippen molar-refractivity contribution < 1.29 is 4.92 Å². The molecule has 4 nitrogen and oxygen atoms in total. The monoisotopic (exact) mass is 270 g/mol. The Kier molecular flexibility index (Phi) is 4.71. The molecule has 0 fully saturated rings. The first kappa shape index (κ1) is 14.1. The second-order valence-electron chi connectivity index (χ2n) is 4.57. The summed E-state index contributed by atoms with van der Waals surface area (Å²) in [5.41, 5.74) is 3.32. The highest BCUT2D eigenvalue weighted by atomic mass is 16.6. The number of rotatable bonds is 6. The Morgan fingerprint density at radius 1 is 1.05 bits per heavy atom. The van der Waals surface area contributed by atoms with E-state index in [-0.39, 0.29) is 10.6 Å². The summed E-state index contributed by atoms with van der Waals surface area (Å²) in [5.74, 6) is 0. The number of benzene rings is 2. The Morgan fingerprint density at radius 2 is 1.70 bits per heavy atom. The van der Waals surface area contributed by atoms with Gasteiger partial charge in [0.2, 0.25) is 0 Å². The number of nitro benzene ring substituents is 1. The standard InChI is InChI=1S/C16H18N2O2/c1-2-13-7-3-5-9-15(13)17-12-11-14-8-4-6-10-16(14)18(19)20/h3-10,17H,2,11-12H2,1H3. The maximum absolute atomic E-state index is 10.9. The molecular formula is C16H18N2O2. The molecule has 0 aliphatic rings. The van der Waals surface area contributed by atoms with E-state index in [9.17, 15) is 10.1 Å². The summed E-state index contributed by atoms with van der Waals surface area (Å²) in [5, 5.41) is 14.3. The van der Waals surface area contributed by atoms with Crippen molar-refractivity contribution in [3.63, 3.8) is 0 Å². The second-order valence-corrected chi connectivity index (χ2v) is 4.57. The molecule has 0 amide bonds. The number of nitrogens with zero attached hydrogens (tertiary/aromatic N) is 1. The topological polar surface area (TPSA) is 55.2 Å². The SMILES string of the molecule is CCc1ccccc1NCCc1ccccc1[N+](=O)[O-]. The number of hydrogen-bond acceptors (Lipinski definition) is 3. The van der Waals surface area contributed by atoms with Gasteiger partial charge in [0.25, 0.3) is 5.69 Å². The van der Waals surface area contributed by atoms with E-state index in [1.807, 2.05) is 30.3 Å². The fraction of sp³-hybridized carbons (Fsp3) is 0.250. The minimum absolute atomic E-state index is 0.193. The fourth-order valence-electron chi connectivity index (χ4n) is 2.23. The Labute approximate surface area is 118 Å². The van der Waals surface area contributed by atoms with Gasteiger partial charge in [0.1, 0.15) is 0 Å². The first-order valence-electron chi connectivity index (χ1n) is 6.76. The average Bonchev–Trinajstić information content (AvgIpc) is 2.48. The average molecular weight is 270 g/mol. The van der Waals surface area contributed by atoms with Gasteiger partial charge in [-0.1, -0.05) is 43.3 Å². The second kappa shape index (κ2) is 6.70. The van der Waals surface area contributed by atoms with Gasteiger partial charge in [-0.2, -0.15) is 0 Å². The molecule has 0 aliphatic heterocycles. The smallest absolute Gasteiger partial charge is 0.272 e. The van der Waals surface area contributed by atoms with Crippen LogP contribution in [0.1, 0.15) is 18.1 Å². The summed E-state index contributed by atoms with van der Waals surface area (Å²) in [7, 11) is 0. The lowest BCUT2D eigenvalue weighted by atomic mass is 10.1. The largest absolute Gasteiger partial charge is 0.384 e. The van der Waals surface area contributed by atoms with Crippen LogP contribution in [0.3, 0.4) is 0 Å². The highest BCUT2D eigenvalue weighted by molar-refractivity contribution is 5.51. The number of nitro groups is 1. The summed E-state index contributed by atoms with van der Waals surface area (Å²) < 4.78 is 0. The molecule has 0 atom stereocenters. The zero-order valence-corrected chi connectivity index (χ0v) is 11.5. The van der Waals surface area contributed by atoms with Crippen molar-refractivity contribution in [2.24, 2.45) is 0 Å². The van der Waals surface area contributed by atoms with Crippen molar-refractivity contribution in [3.8, 4) is 0 Å². The van der Waals surface area contributed by atoms with Crippen molar-refractivity contribution in [1.29, 1.82) is 0 Å². The third kappa shape index (κ3) is 3.35. The minimum atomic E-state index is -0.324. The van der Waals surface area contributed by atoms with Gasteiger partial charge >= 0.3 is 0 Å². The molecule has 0 spiro atoms. The van der Waals surface area contributed by atoms with E-state index < -0.39 is 0 Å².